The molecule has 0 unspecified atom stereocenters. The van der Waals surface area contributed by atoms with Crippen molar-refractivity contribution in [1.29, 1.82) is 0 Å². The van der Waals surface area contributed by atoms with Crippen LogP contribution >= 0.6 is 0 Å². The van der Waals surface area contributed by atoms with Crippen molar-refractivity contribution in [3.63, 3.8) is 0 Å². The van der Waals surface area contributed by atoms with E-state index in [0.717, 1.165) is 0 Å². The summed E-state index contributed by atoms with van der Waals surface area (Å²) in [5.74, 6) is 0.0203. The summed E-state index contributed by atoms with van der Waals surface area (Å²) >= 11 is 0. The van der Waals surface area contributed by atoms with Gasteiger partial charge in [0.25, 0.3) is 0 Å². The molecule has 5 nitrogen and oxygen atoms in total. The van der Waals surface area contributed by atoms with E-state index in [2.05, 4.69) is 0 Å². The molecular weight excluding hydrogens is 344 g/mol. The third-order valence-corrected chi connectivity index (χ3v) is 4.70. The molecule has 5 heteroatoms. The Hall–Kier alpha value is -3.60. The van der Waals surface area contributed by atoms with Gasteiger partial charge < -0.3 is 14.6 Å². The van der Waals surface area contributed by atoms with Crippen molar-refractivity contribution in [3.8, 4) is 22.5 Å². The summed E-state index contributed by atoms with van der Waals surface area (Å²) in [6.45, 7) is 1.75. The minimum absolute atomic E-state index is 0.101. The number of hydrogen-bond acceptors (Lipinski definition) is 4. The normalized spacial score (nSPS) is 13.1. The summed E-state index contributed by atoms with van der Waals surface area (Å²) in [4.78, 5) is 23.8. The number of hydrogen-bond donors (Lipinski definition) is 2. The topological polar surface area (TPSA) is 87.7 Å². The van der Waals surface area contributed by atoms with E-state index < -0.39 is 5.97 Å². The molecule has 2 N–H and O–H groups in total. The second-order valence-electron chi connectivity index (χ2n) is 6.44. The number of aryl methyl sites for hydroxylation is 1. The summed E-state index contributed by atoms with van der Waals surface area (Å²) in [5, 5.41) is 19.7. The van der Waals surface area contributed by atoms with Crippen molar-refractivity contribution in [3.05, 3.63) is 87.0 Å². The number of aliphatic hydroxyl groups excluding tert-OH is 1. The van der Waals surface area contributed by atoms with Crippen LogP contribution in [0.1, 0.15) is 27.2 Å². The van der Waals surface area contributed by atoms with Gasteiger partial charge in [-0.05, 0) is 48.4 Å². The summed E-state index contributed by atoms with van der Waals surface area (Å²) in [5.41, 5.74) is 3.20. The van der Waals surface area contributed by atoms with Crippen molar-refractivity contribution in [1.82, 2.24) is 0 Å². The van der Waals surface area contributed by atoms with Gasteiger partial charge in [0.05, 0.1) is 5.56 Å². The van der Waals surface area contributed by atoms with E-state index in [1.54, 1.807) is 49.4 Å². The minimum Gasteiger partial charge on any atom is -0.508 e. The Bertz CT molecular complexity index is 1160. The highest BCUT2D eigenvalue weighted by molar-refractivity contribution is 6.02. The van der Waals surface area contributed by atoms with Crippen LogP contribution < -0.4 is 5.43 Å². The molecule has 0 atom stereocenters. The molecule has 4 rings (SSSR count). The first-order chi connectivity index (χ1) is 13.0. The number of aliphatic hydroxyl groups is 1. The molecule has 0 saturated carbocycles. The number of benzene rings is 2. The number of aromatic carboxylic acids is 1. The highest BCUT2D eigenvalue weighted by Crippen LogP contribution is 2.41. The lowest BCUT2D eigenvalue weighted by molar-refractivity contribution is 0.0697. The Morgan fingerprint density at radius 2 is 1.93 bits per heavy atom. The fraction of sp³-hybridized carbons (Fsp3) is 0.0909. The summed E-state index contributed by atoms with van der Waals surface area (Å²) in [7, 11) is 0. The summed E-state index contributed by atoms with van der Waals surface area (Å²) < 4.78 is 5.93. The first-order valence-electron chi connectivity index (χ1n) is 8.46. The predicted octanol–water partition coefficient (Wildman–Crippen LogP) is 4.43. The van der Waals surface area contributed by atoms with Crippen LogP contribution in [0.2, 0.25) is 0 Å². The fourth-order valence-corrected chi connectivity index (χ4v) is 3.48. The van der Waals surface area contributed by atoms with Gasteiger partial charge in [-0.3, -0.25) is 4.79 Å². The van der Waals surface area contributed by atoms with Gasteiger partial charge in [0, 0.05) is 29.2 Å². The molecule has 0 aromatic heterocycles. The van der Waals surface area contributed by atoms with E-state index >= 15 is 0 Å². The zero-order chi connectivity index (χ0) is 19.1. The van der Waals surface area contributed by atoms with Gasteiger partial charge in [0.15, 0.2) is 5.43 Å². The first-order valence-corrected chi connectivity index (χ1v) is 8.46. The van der Waals surface area contributed by atoms with Gasteiger partial charge >= 0.3 is 5.97 Å². The molecule has 134 valence electrons. The summed E-state index contributed by atoms with van der Waals surface area (Å²) in [6, 6.07) is 9.78. The monoisotopic (exact) mass is 360 g/mol. The largest absolute Gasteiger partial charge is 0.508 e. The zero-order valence-electron chi connectivity index (χ0n) is 14.5. The highest BCUT2D eigenvalue weighted by Gasteiger charge is 2.25. The van der Waals surface area contributed by atoms with E-state index in [1.807, 2.05) is 0 Å². The molecule has 27 heavy (non-hydrogen) atoms. The van der Waals surface area contributed by atoms with Crippen LogP contribution in [0.15, 0.2) is 63.5 Å². The fourth-order valence-electron chi connectivity index (χ4n) is 3.48. The maximum Gasteiger partial charge on any atom is 0.336 e. The molecule has 0 bridgehead atoms. The Balaban J connectivity index is 2.17. The van der Waals surface area contributed by atoms with Gasteiger partial charge in [-0.2, -0.15) is 0 Å². The van der Waals surface area contributed by atoms with Crippen molar-refractivity contribution in [2.24, 2.45) is 0 Å². The van der Waals surface area contributed by atoms with Crippen LogP contribution in [-0.2, 0) is 6.42 Å². The Labute approximate surface area is 154 Å². The number of allylic oxidation sites excluding steroid dienone is 2. The van der Waals surface area contributed by atoms with E-state index in [9.17, 15) is 19.8 Å². The molecule has 1 aromatic carbocycles. The van der Waals surface area contributed by atoms with Crippen molar-refractivity contribution in [2.75, 3.05) is 0 Å². The number of carboxylic acid groups (broad SMARTS) is 1. The number of carbonyl (C=O) groups is 1. The predicted molar refractivity (Wildman–Crippen MR) is 102 cm³/mol. The van der Waals surface area contributed by atoms with Crippen LogP contribution in [0.3, 0.4) is 0 Å². The second-order valence-corrected chi connectivity index (χ2v) is 6.44. The maximum atomic E-state index is 12.0. The number of rotatable bonds is 2. The minimum atomic E-state index is -1.02. The molecule has 3 aliphatic rings. The molecule has 0 saturated heterocycles. The Morgan fingerprint density at radius 3 is 2.70 bits per heavy atom. The van der Waals surface area contributed by atoms with Gasteiger partial charge in [0.2, 0.25) is 0 Å². The maximum absolute atomic E-state index is 12.0. The quantitative estimate of drug-likeness (QED) is 0.706. The summed E-state index contributed by atoms with van der Waals surface area (Å²) in [6.07, 6.45) is 5.20. The van der Waals surface area contributed by atoms with Crippen molar-refractivity contribution < 1.29 is 19.4 Å². The first kappa shape index (κ1) is 16.8. The third kappa shape index (κ3) is 2.83. The lowest BCUT2D eigenvalue weighted by atomic mass is 9.87. The van der Waals surface area contributed by atoms with Gasteiger partial charge in [-0.1, -0.05) is 18.2 Å². The molecule has 1 aliphatic heterocycles. The molecule has 0 spiro atoms. The van der Waals surface area contributed by atoms with Crippen LogP contribution in [0, 0.1) is 6.92 Å². The van der Waals surface area contributed by atoms with Gasteiger partial charge in [-0.15, -0.1) is 0 Å². The number of carboxylic acids is 1. The highest BCUT2D eigenvalue weighted by atomic mass is 16.4. The Kier molecular flexibility index (Phi) is 3.92. The van der Waals surface area contributed by atoms with Crippen LogP contribution in [0.25, 0.3) is 28.5 Å². The number of fused-ring (bicyclic) bond motifs is 2. The van der Waals surface area contributed by atoms with Gasteiger partial charge in [-0.25, -0.2) is 4.79 Å². The van der Waals surface area contributed by atoms with E-state index in [1.165, 1.54) is 12.1 Å². The molecule has 0 radical (unpaired) electrons. The third-order valence-electron chi connectivity index (χ3n) is 4.70. The van der Waals surface area contributed by atoms with Crippen molar-refractivity contribution >= 4 is 12.0 Å². The average Bonchev–Trinajstić information content (AvgIpc) is 2.81. The molecule has 1 aromatic rings. The second kappa shape index (κ2) is 6.29. The van der Waals surface area contributed by atoms with E-state index in [4.69, 9.17) is 4.42 Å². The smallest absolute Gasteiger partial charge is 0.336 e. The molecule has 2 aliphatic carbocycles. The standard InChI is InChI=1S/C22H16O5/c1-12-3-2-4-17(20(12)22(25)26)21-15-8-5-13(23)7-10-18(15)27-19-11-14(24)6-9-16(19)21/h2-9,11,23H,10H2,1H3,(H,25,26). The lowest BCUT2D eigenvalue weighted by Gasteiger charge is -2.19. The van der Waals surface area contributed by atoms with Crippen molar-refractivity contribution in [2.45, 2.75) is 13.3 Å². The SMILES string of the molecule is Cc1cccc(-c2c3ccc(=O)cc-3oc3c2C=CC(O)=CC3)c1C(=O)O. The van der Waals surface area contributed by atoms with Crippen LogP contribution in [0.4, 0.5) is 0 Å². The van der Waals surface area contributed by atoms with E-state index in [-0.39, 0.29) is 16.8 Å². The molecule has 1 heterocycles. The zero-order valence-corrected chi connectivity index (χ0v) is 14.5. The van der Waals surface area contributed by atoms with E-state index in [0.29, 0.717) is 45.8 Å². The molecular formula is C22H16O5. The molecule has 0 amide bonds. The van der Waals surface area contributed by atoms with Crippen LogP contribution in [-0.4, -0.2) is 16.2 Å². The van der Waals surface area contributed by atoms with Crippen LogP contribution in [0.5, 0.6) is 0 Å². The average molecular weight is 360 g/mol. The van der Waals surface area contributed by atoms with Gasteiger partial charge in [0.1, 0.15) is 17.3 Å². The lowest BCUT2D eigenvalue weighted by Crippen LogP contribution is -2.07. The molecule has 0 fully saturated rings. The Morgan fingerprint density at radius 1 is 1.11 bits per heavy atom.